The molecule has 2 N–H and O–H groups in total. The first kappa shape index (κ1) is 18.7. The Labute approximate surface area is 158 Å². The molecule has 1 heterocycles. The van der Waals surface area contributed by atoms with Gasteiger partial charge in [-0.15, -0.1) is 0 Å². The predicted molar refractivity (Wildman–Crippen MR) is 101 cm³/mol. The molecule has 0 spiro atoms. The highest BCUT2D eigenvalue weighted by molar-refractivity contribution is 6.30. The zero-order valence-corrected chi connectivity index (χ0v) is 15.6. The number of aromatic nitrogens is 2. The molecular weight excluding hydrogens is 354 g/mol. The summed E-state index contributed by atoms with van der Waals surface area (Å²) in [4.78, 5) is 8.56. The minimum Gasteiger partial charge on any atom is -0.381 e. The lowest BCUT2D eigenvalue weighted by Gasteiger charge is -2.10. The molecular formula is C18H24ClN5O2. The number of halogens is 1. The van der Waals surface area contributed by atoms with Crippen molar-refractivity contribution in [3.8, 4) is 11.4 Å². The van der Waals surface area contributed by atoms with E-state index in [1.165, 1.54) is 12.8 Å². The molecule has 0 radical (unpaired) electrons. The van der Waals surface area contributed by atoms with E-state index in [1.54, 1.807) is 19.2 Å². The summed E-state index contributed by atoms with van der Waals surface area (Å²) in [5.41, 5.74) is 0.859. The van der Waals surface area contributed by atoms with E-state index in [-0.39, 0.29) is 0 Å². The largest absolute Gasteiger partial charge is 0.381 e. The fourth-order valence-corrected chi connectivity index (χ4v) is 2.46. The monoisotopic (exact) mass is 377 g/mol. The van der Waals surface area contributed by atoms with Crippen LogP contribution in [0.3, 0.4) is 0 Å². The third-order valence-electron chi connectivity index (χ3n) is 4.01. The van der Waals surface area contributed by atoms with Crippen molar-refractivity contribution < 1.29 is 9.26 Å². The fraction of sp³-hybridized carbons (Fsp3) is 0.500. The Morgan fingerprint density at radius 3 is 2.85 bits per heavy atom. The van der Waals surface area contributed by atoms with Gasteiger partial charge in [0.2, 0.25) is 11.7 Å². The van der Waals surface area contributed by atoms with E-state index in [4.69, 9.17) is 20.9 Å². The maximum absolute atomic E-state index is 5.89. The van der Waals surface area contributed by atoms with Gasteiger partial charge in [-0.1, -0.05) is 16.8 Å². The molecule has 140 valence electrons. The number of hydrogen-bond acceptors (Lipinski definition) is 5. The molecule has 1 aliphatic carbocycles. The van der Waals surface area contributed by atoms with Crippen LogP contribution in [0.2, 0.25) is 5.02 Å². The van der Waals surface area contributed by atoms with Gasteiger partial charge in [-0.05, 0) is 49.4 Å². The van der Waals surface area contributed by atoms with E-state index in [9.17, 15) is 0 Å². The maximum Gasteiger partial charge on any atom is 0.246 e. The number of nitrogens with zero attached hydrogens (tertiary/aromatic N) is 3. The van der Waals surface area contributed by atoms with Crippen LogP contribution in [0.25, 0.3) is 11.4 Å². The predicted octanol–water partition coefficient (Wildman–Crippen LogP) is 2.87. The molecule has 1 aromatic carbocycles. The number of aliphatic imine (C=N–C) groups is 1. The third kappa shape index (κ3) is 6.00. The number of hydrogen-bond donors (Lipinski definition) is 2. The molecule has 1 aliphatic rings. The maximum atomic E-state index is 5.89. The van der Waals surface area contributed by atoms with Gasteiger partial charge in [-0.3, -0.25) is 4.99 Å². The van der Waals surface area contributed by atoms with E-state index in [0.717, 1.165) is 37.7 Å². The van der Waals surface area contributed by atoms with Crippen LogP contribution in [0.1, 0.15) is 25.2 Å². The van der Waals surface area contributed by atoms with Crippen molar-refractivity contribution in [3.63, 3.8) is 0 Å². The Kier molecular flexibility index (Phi) is 6.85. The Hall–Kier alpha value is -2.12. The molecule has 0 saturated heterocycles. The second kappa shape index (κ2) is 9.54. The summed E-state index contributed by atoms with van der Waals surface area (Å²) in [6, 6.07) is 7.31. The number of ether oxygens (including phenoxy) is 1. The molecule has 26 heavy (non-hydrogen) atoms. The van der Waals surface area contributed by atoms with E-state index >= 15 is 0 Å². The Morgan fingerprint density at radius 1 is 1.31 bits per heavy atom. The van der Waals surface area contributed by atoms with Crippen LogP contribution >= 0.6 is 11.6 Å². The van der Waals surface area contributed by atoms with Crippen LogP contribution < -0.4 is 10.6 Å². The van der Waals surface area contributed by atoms with E-state index in [0.29, 0.717) is 29.2 Å². The fourth-order valence-electron chi connectivity index (χ4n) is 2.34. The molecule has 1 aromatic heterocycles. The first-order valence-electron chi connectivity index (χ1n) is 8.85. The molecule has 3 rings (SSSR count). The molecule has 0 amide bonds. The first-order valence-corrected chi connectivity index (χ1v) is 9.23. The Balaban J connectivity index is 1.37. The van der Waals surface area contributed by atoms with Crippen molar-refractivity contribution in [1.82, 2.24) is 20.8 Å². The second-order valence-corrected chi connectivity index (χ2v) is 6.68. The topological polar surface area (TPSA) is 84.6 Å². The van der Waals surface area contributed by atoms with Crippen LogP contribution in [0, 0.1) is 5.92 Å². The van der Waals surface area contributed by atoms with Crippen molar-refractivity contribution in [3.05, 3.63) is 35.2 Å². The lowest BCUT2D eigenvalue weighted by atomic mass is 10.2. The van der Waals surface area contributed by atoms with Gasteiger partial charge in [-0.25, -0.2) is 0 Å². The number of rotatable bonds is 9. The highest BCUT2D eigenvalue weighted by Crippen LogP contribution is 2.28. The minimum absolute atomic E-state index is 0.401. The van der Waals surface area contributed by atoms with E-state index in [2.05, 4.69) is 25.8 Å². The van der Waals surface area contributed by atoms with Crippen LogP contribution in [0.15, 0.2) is 33.8 Å². The van der Waals surface area contributed by atoms with Gasteiger partial charge in [0.25, 0.3) is 0 Å². The molecule has 0 aliphatic heterocycles. The van der Waals surface area contributed by atoms with Crippen molar-refractivity contribution in [2.24, 2.45) is 10.9 Å². The second-order valence-electron chi connectivity index (χ2n) is 6.24. The average molecular weight is 378 g/mol. The van der Waals surface area contributed by atoms with Gasteiger partial charge in [-0.2, -0.15) is 4.98 Å². The van der Waals surface area contributed by atoms with Gasteiger partial charge in [0, 0.05) is 37.4 Å². The molecule has 7 nitrogen and oxygen atoms in total. The van der Waals surface area contributed by atoms with E-state index in [1.807, 2.05) is 12.1 Å². The zero-order valence-electron chi connectivity index (χ0n) is 14.9. The van der Waals surface area contributed by atoms with Gasteiger partial charge in [0.1, 0.15) is 0 Å². The summed E-state index contributed by atoms with van der Waals surface area (Å²) < 4.78 is 10.9. The van der Waals surface area contributed by atoms with Gasteiger partial charge in [0.05, 0.1) is 6.54 Å². The normalized spacial score (nSPS) is 14.5. The van der Waals surface area contributed by atoms with Crippen LogP contribution in [0.4, 0.5) is 0 Å². The zero-order chi connectivity index (χ0) is 18.2. The molecule has 8 heteroatoms. The van der Waals surface area contributed by atoms with Crippen LogP contribution in [-0.4, -0.2) is 42.9 Å². The standard InChI is InChI=1S/C18H24ClN5O2/c1-20-18(21-9-2-10-25-12-13-3-4-13)22-11-16-23-17(24-26-16)14-5-7-15(19)8-6-14/h5-8,13H,2-4,9-12H2,1H3,(H2,20,21,22). The van der Waals surface area contributed by atoms with Crippen molar-refractivity contribution in [2.75, 3.05) is 26.8 Å². The van der Waals surface area contributed by atoms with Gasteiger partial charge in [0.15, 0.2) is 5.96 Å². The number of nitrogens with one attached hydrogen (secondary N) is 2. The van der Waals surface area contributed by atoms with Crippen molar-refractivity contribution >= 4 is 17.6 Å². The summed E-state index contributed by atoms with van der Waals surface area (Å²) in [5.74, 6) is 2.53. The first-order chi connectivity index (χ1) is 12.7. The smallest absolute Gasteiger partial charge is 0.246 e. The third-order valence-corrected chi connectivity index (χ3v) is 4.26. The summed E-state index contributed by atoms with van der Waals surface area (Å²) >= 11 is 5.89. The van der Waals surface area contributed by atoms with Crippen molar-refractivity contribution in [2.45, 2.75) is 25.8 Å². The highest BCUT2D eigenvalue weighted by Gasteiger charge is 2.20. The SMILES string of the molecule is CN=C(NCCCOCC1CC1)NCc1nc(-c2ccc(Cl)cc2)no1. The average Bonchev–Trinajstić information content (AvgIpc) is 3.36. The molecule has 2 aromatic rings. The lowest BCUT2D eigenvalue weighted by molar-refractivity contribution is 0.123. The van der Waals surface area contributed by atoms with E-state index < -0.39 is 0 Å². The molecule has 1 saturated carbocycles. The minimum atomic E-state index is 0.401. The highest BCUT2D eigenvalue weighted by atomic mass is 35.5. The molecule has 0 bridgehead atoms. The Bertz CT molecular complexity index is 713. The van der Waals surface area contributed by atoms with Crippen LogP contribution in [0.5, 0.6) is 0 Å². The quantitative estimate of drug-likeness (QED) is 0.397. The number of benzene rings is 1. The summed E-state index contributed by atoms with van der Waals surface area (Å²) in [5, 5.41) is 11.1. The Morgan fingerprint density at radius 2 is 2.12 bits per heavy atom. The number of guanidine groups is 1. The molecule has 0 unspecified atom stereocenters. The lowest BCUT2D eigenvalue weighted by Crippen LogP contribution is -2.37. The van der Waals surface area contributed by atoms with Gasteiger partial charge < -0.3 is 19.9 Å². The molecule has 0 atom stereocenters. The van der Waals surface area contributed by atoms with Gasteiger partial charge >= 0.3 is 0 Å². The summed E-state index contributed by atoms with van der Waals surface area (Å²) in [7, 11) is 1.73. The molecule has 1 fully saturated rings. The summed E-state index contributed by atoms with van der Waals surface area (Å²) in [6.07, 6.45) is 3.59. The summed E-state index contributed by atoms with van der Waals surface area (Å²) in [6.45, 7) is 2.87. The van der Waals surface area contributed by atoms with Crippen molar-refractivity contribution in [1.29, 1.82) is 0 Å². The van der Waals surface area contributed by atoms with Crippen LogP contribution in [-0.2, 0) is 11.3 Å².